The molecule has 0 saturated heterocycles. The molecule has 6 heteroatoms. The zero-order chi connectivity index (χ0) is 21.1. The van der Waals surface area contributed by atoms with E-state index in [4.69, 9.17) is 0 Å². The molecule has 0 bridgehead atoms. The zero-order valence-electron chi connectivity index (χ0n) is 19.7. The van der Waals surface area contributed by atoms with Crippen LogP contribution in [-0.2, 0) is 10.1 Å². The van der Waals surface area contributed by atoms with Gasteiger partial charge in [0.1, 0.15) is 10.1 Å². The molecule has 0 saturated carbocycles. The average molecular weight is 459 g/mol. The van der Waals surface area contributed by atoms with E-state index in [0.717, 1.165) is 25.7 Å². The normalized spacial score (nSPS) is 13.8. The molecular formula is C23H47KO4S. The summed E-state index contributed by atoms with van der Waals surface area (Å²) >= 11 is 0. The van der Waals surface area contributed by atoms with Crippen LogP contribution >= 0.6 is 0 Å². The second-order valence-corrected chi connectivity index (χ2v) is 10.1. The molecule has 0 aromatic rings. The van der Waals surface area contributed by atoms with Crippen LogP contribution in [0, 0.1) is 0 Å². The number of aliphatic hydroxyl groups excluding tert-OH is 1. The van der Waals surface area contributed by atoms with Gasteiger partial charge in [-0.25, -0.2) is 8.42 Å². The summed E-state index contributed by atoms with van der Waals surface area (Å²) in [5, 5.41) is 8.97. The summed E-state index contributed by atoms with van der Waals surface area (Å²) < 4.78 is 34.0. The van der Waals surface area contributed by atoms with Gasteiger partial charge in [-0.3, -0.25) is 0 Å². The van der Waals surface area contributed by atoms with Crippen LogP contribution in [0.1, 0.15) is 136 Å². The molecule has 0 rings (SSSR count). The van der Waals surface area contributed by atoms with Gasteiger partial charge in [-0.1, -0.05) is 123 Å². The van der Waals surface area contributed by atoms with Crippen molar-refractivity contribution in [2.45, 2.75) is 147 Å². The monoisotopic (exact) mass is 458 g/mol. The number of unbranched alkanes of at least 4 members (excludes halogenated alkanes) is 15. The van der Waals surface area contributed by atoms with Crippen LogP contribution in [0.4, 0.5) is 0 Å². The summed E-state index contributed by atoms with van der Waals surface area (Å²) in [7, 11) is -4.41. The van der Waals surface area contributed by atoms with Gasteiger partial charge in [-0.05, 0) is 12.8 Å². The second kappa shape index (κ2) is 22.7. The van der Waals surface area contributed by atoms with E-state index in [0.29, 0.717) is 12.8 Å². The van der Waals surface area contributed by atoms with E-state index >= 15 is 0 Å². The topological polar surface area (TPSA) is 77.4 Å². The van der Waals surface area contributed by atoms with Crippen molar-refractivity contribution in [1.82, 2.24) is 0 Å². The molecule has 0 spiro atoms. The predicted molar refractivity (Wildman–Crippen MR) is 119 cm³/mol. The van der Waals surface area contributed by atoms with Crippen LogP contribution in [0.2, 0.25) is 0 Å². The summed E-state index contributed by atoms with van der Waals surface area (Å²) in [6, 6.07) is 0. The van der Waals surface area contributed by atoms with Gasteiger partial charge >= 0.3 is 51.4 Å². The van der Waals surface area contributed by atoms with Crippen LogP contribution in [0.25, 0.3) is 0 Å². The Balaban J connectivity index is 0. The molecule has 1 N–H and O–H groups in total. The van der Waals surface area contributed by atoms with Crippen molar-refractivity contribution >= 4 is 10.1 Å². The fourth-order valence-electron chi connectivity index (χ4n) is 3.85. The van der Waals surface area contributed by atoms with E-state index in [1.54, 1.807) is 0 Å². The first-order valence-corrected chi connectivity index (χ1v) is 13.5. The molecule has 170 valence electrons. The van der Waals surface area contributed by atoms with E-state index in [-0.39, 0.29) is 57.8 Å². The second-order valence-electron chi connectivity index (χ2n) is 8.48. The number of rotatable bonds is 21. The van der Waals surface area contributed by atoms with Crippen molar-refractivity contribution in [2.24, 2.45) is 0 Å². The van der Waals surface area contributed by atoms with Gasteiger partial charge in [-0.2, -0.15) is 0 Å². The van der Waals surface area contributed by atoms with E-state index in [1.165, 1.54) is 77.0 Å². The Bertz CT molecular complexity index is 429. The number of aliphatic hydroxyl groups is 1. The smallest absolute Gasteiger partial charge is 0.748 e. The first-order chi connectivity index (χ1) is 13.4. The minimum absolute atomic E-state index is 0. The number of hydrogen-bond donors (Lipinski definition) is 1. The molecule has 0 aliphatic heterocycles. The molecule has 0 amide bonds. The summed E-state index contributed by atoms with van der Waals surface area (Å²) in [5.41, 5.74) is 0. The van der Waals surface area contributed by atoms with Crippen LogP contribution < -0.4 is 51.4 Å². The predicted octanol–water partition coefficient (Wildman–Crippen LogP) is 3.72. The maximum atomic E-state index is 11.3. The molecule has 0 heterocycles. The van der Waals surface area contributed by atoms with Crippen LogP contribution in [0.15, 0.2) is 0 Å². The van der Waals surface area contributed by atoms with E-state index in [9.17, 15) is 18.1 Å². The van der Waals surface area contributed by atoms with Gasteiger partial charge in [0.05, 0.1) is 11.4 Å². The van der Waals surface area contributed by atoms with E-state index in [1.807, 2.05) is 6.92 Å². The molecule has 4 nitrogen and oxygen atoms in total. The van der Waals surface area contributed by atoms with Crippen LogP contribution in [0.5, 0.6) is 0 Å². The van der Waals surface area contributed by atoms with Gasteiger partial charge in [-0.15, -0.1) is 0 Å². The minimum atomic E-state index is -4.41. The van der Waals surface area contributed by atoms with Gasteiger partial charge in [0.2, 0.25) is 0 Å². The summed E-state index contributed by atoms with van der Waals surface area (Å²) in [4.78, 5) is 0. The molecule has 0 fully saturated rings. The molecule has 2 atom stereocenters. The molecule has 0 aromatic carbocycles. The van der Waals surface area contributed by atoms with Crippen molar-refractivity contribution < 1.29 is 69.5 Å². The largest absolute Gasteiger partial charge is 1.00 e. The molecule has 0 aromatic heterocycles. The average Bonchev–Trinajstić information content (AvgIpc) is 2.64. The molecule has 29 heavy (non-hydrogen) atoms. The third-order valence-electron chi connectivity index (χ3n) is 5.75. The molecule has 0 radical (unpaired) electrons. The Labute approximate surface area is 224 Å². The van der Waals surface area contributed by atoms with Crippen LogP contribution in [-0.4, -0.2) is 29.4 Å². The molecule has 2 unspecified atom stereocenters. The zero-order valence-corrected chi connectivity index (χ0v) is 23.6. The third-order valence-corrected chi connectivity index (χ3v) is 7.04. The van der Waals surface area contributed by atoms with Crippen molar-refractivity contribution in [3.05, 3.63) is 0 Å². The summed E-state index contributed by atoms with van der Waals surface area (Å²) in [6.45, 7) is 4.21. The van der Waals surface area contributed by atoms with Crippen molar-refractivity contribution in [3.8, 4) is 0 Å². The van der Waals surface area contributed by atoms with Crippen molar-refractivity contribution in [1.29, 1.82) is 0 Å². The Kier molecular flexibility index (Phi) is 25.6. The Morgan fingerprint density at radius 1 is 0.621 bits per heavy atom. The van der Waals surface area contributed by atoms with Gasteiger partial charge in [0.15, 0.2) is 0 Å². The molecule has 0 aliphatic rings. The van der Waals surface area contributed by atoms with Crippen molar-refractivity contribution in [2.75, 3.05) is 0 Å². The summed E-state index contributed by atoms with van der Waals surface area (Å²) in [6.07, 6.45) is 20.3. The van der Waals surface area contributed by atoms with Crippen LogP contribution in [0.3, 0.4) is 0 Å². The number of hydrogen-bond acceptors (Lipinski definition) is 4. The Morgan fingerprint density at radius 3 is 1.31 bits per heavy atom. The quantitative estimate of drug-likeness (QED) is 0.162. The Morgan fingerprint density at radius 2 is 0.966 bits per heavy atom. The maximum absolute atomic E-state index is 11.3. The first-order valence-electron chi connectivity index (χ1n) is 12.1. The SMILES string of the molecule is CCCCCCCCCCCCCCCCCC(O)C(CCCC)S(=O)(=O)[O-].[K+]. The van der Waals surface area contributed by atoms with E-state index in [2.05, 4.69) is 6.92 Å². The fraction of sp³-hybridized carbons (Fsp3) is 1.00. The fourth-order valence-corrected chi connectivity index (χ4v) is 4.82. The standard InChI is InChI=1S/C23H48O4S.K/c1-3-5-7-8-9-10-11-12-13-14-15-16-17-18-19-20-22(24)23(21-6-4-2)28(25,26)27;/h22-24H,3-21H2,1-2H3,(H,25,26,27);/q;+1/p-1. The third kappa shape index (κ3) is 21.1. The molecular weight excluding hydrogens is 411 g/mol. The van der Waals surface area contributed by atoms with E-state index < -0.39 is 21.5 Å². The maximum Gasteiger partial charge on any atom is 1.00 e. The van der Waals surface area contributed by atoms with Gasteiger partial charge in [0, 0.05) is 0 Å². The summed E-state index contributed by atoms with van der Waals surface area (Å²) in [5.74, 6) is 0. The first kappa shape index (κ1) is 32.7. The van der Waals surface area contributed by atoms with Gasteiger partial charge < -0.3 is 9.66 Å². The Hall–Kier alpha value is 1.51. The molecule has 0 aliphatic carbocycles. The van der Waals surface area contributed by atoms with Crippen molar-refractivity contribution in [3.63, 3.8) is 0 Å². The van der Waals surface area contributed by atoms with Gasteiger partial charge in [0.25, 0.3) is 0 Å². The minimum Gasteiger partial charge on any atom is -0.748 e.